The second-order valence-corrected chi connectivity index (χ2v) is 16.0. The predicted molar refractivity (Wildman–Crippen MR) is 280 cm³/mol. The van der Waals surface area contributed by atoms with Crippen LogP contribution in [0.25, 0.3) is 0 Å². The number of nitrogens with zero attached hydrogens (tertiary/aromatic N) is 7. The number of hydrogen-bond acceptors (Lipinski definition) is 15. The lowest BCUT2D eigenvalue weighted by Crippen LogP contribution is -2.38. The average Bonchev–Trinajstić information content (AvgIpc) is 3.65. The second-order valence-electron chi connectivity index (χ2n) is 14.0. The molecule has 0 radical (unpaired) electrons. The topological polar surface area (TPSA) is 206 Å². The number of nitro groups is 2. The maximum Gasteiger partial charge on any atom is 0.490 e. The molecule has 3 fully saturated rings. The van der Waals surface area contributed by atoms with Crippen molar-refractivity contribution in [2.24, 2.45) is 0 Å². The minimum atomic E-state index is -5.08. The zero-order chi connectivity index (χ0) is 50.2. The maximum absolute atomic E-state index is 13.8. The van der Waals surface area contributed by atoms with Crippen molar-refractivity contribution in [1.29, 1.82) is 0 Å². The molecule has 3 heterocycles. The van der Waals surface area contributed by atoms with Gasteiger partial charge in [0.2, 0.25) is 0 Å². The molecule has 2 aromatic carbocycles. The number of non-ortho nitro benzene ring substituents is 2. The molecule has 0 atom stereocenters. The first-order valence-corrected chi connectivity index (χ1v) is 19.9. The van der Waals surface area contributed by atoms with Crippen molar-refractivity contribution in [3.05, 3.63) is 73.6 Å². The summed E-state index contributed by atoms with van der Waals surface area (Å²) in [4.78, 5) is 61.0. The standard InChI is InChI=1S/C11H13F2N3O3.C10H20N2O3.C6H2F3NO2.C5H12N2O.C2HF3O2.CHCl3.9CH4/c1-14-2-3-15(19-5-4-14)11-9(12)6-8(16(17)18)7-10(11)13;1-10(2,3)15-9(13)12-6-5-11(4)7-8-14-12;7-4-1-3(10(11)12)2-5(8)6(4)9;1-7-3-2-6-8-5-4-7;3-2(4,5)1(6)7;2-1(3)4;;;;;;;;;/h6-7H,2-5H2,1H3;5-8H2,1-4H3;1-2H;6H,2-5H2,1H3;(H,6,7);1H;9*1H4. The molecule has 5 rings (SSSR count). The van der Waals surface area contributed by atoms with Crippen molar-refractivity contribution in [2.45, 2.75) is 104 Å². The number of hydroxylamine groups is 4. The van der Waals surface area contributed by atoms with Crippen LogP contribution in [0.15, 0.2) is 24.3 Å². The zero-order valence-corrected chi connectivity index (χ0v) is 38.0. The summed E-state index contributed by atoms with van der Waals surface area (Å²) in [7, 11) is 5.97. The van der Waals surface area contributed by atoms with Gasteiger partial charge in [-0.2, -0.15) is 18.2 Å². The Kier molecular flexibility index (Phi) is 57.6. The number of amides is 1. The van der Waals surface area contributed by atoms with Crippen molar-refractivity contribution < 1.29 is 78.9 Å². The van der Waals surface area contributed by atoms with Crippen molar-refractivity contribution in [3.8, 4) is 0 Å². The monoisotopic (exact) mass is 1160 g/mol. The molecule has 444 valence electrons. The second kappa shape index (κ2) is 46.1. The van der Waals surface area contributed by atoms with Gasteiger partial charge in [-0.1, -0.05) is 102 Å². The largest absolute Gasteiger partial charge is 0.490 e. The Labute approximate surface area is 449 Å². The fourth-order valence-electron chi connectivity index (χ4n) is 4.36. The first kappa shape index (κ1) is 92.4. The first-order chi connectivity index (χ1) is 30.0. The molecule has 3 aliphatic heterocycles. The van der Waals surface area contributed by atoms with Crippen LogP contribution in [-0.2, 0) is 24.0 Å². The van der Waals surface area contributed by atoms with Crippen LogP contribution in [-0.4, -0.2) is 163 Å². The number of rotatable bonds is 3. The SMILES string of the molecule is C.C.C.C.C.C.C.C.C.CN1CCNOCC1.CN1CCON(C(=O)OC(C)(C)C)CC1.CN1CCON(c2c(F)cc([N+](=O)[O-])cc2F)CC1.ClC(Cl)Cl.O=C(O)C(F)(F)F.O=[N+]([O-])c1cc(F)c(F)c(F)c1. The van der Waals surface area contributed by atoms with Gasteiger partial charge in [0.05, 0.1) is 67.0 Å². The van der Waals surface area contributed by atoms with E-state index in [-0.39, 0.29) is 79.1 Å². The molecule has 0 aromatic heterocycles. The van der Waals surface area contributed by atoms with Gasteiger partial charge >= 0.3 is 18.2 Å². The highest BCUT2D eigenvalue weighted by Crippen LogP contribution is 2.29. The number of carbonyl (C=O) groups is 2. The van der Waals surface area contributed by atoms with Crippen LogP contribution in [0.2, 0.25) is 0 Å². The summed E-state index contributed by atoms with van der Waals surface area (Å²) in [6, 6.07) is 2.02. The number of carboxylic acids is 1. The summed E-state index contributed by atoms with van der Waals surface area (Å²) in [5.41, 5.74) is 0.541. The van der Waals surface area contributed by atoms with Gasteiger partial charge < -0.3 is 29.4 Å². The Hall–Kier alpha value is -4.19. The van der Waals surface area contributed by atoms with Gasteiger partial charge in [0.1, 0.15) is 11.3 Å². The molecule has 3 saturated heterocycles. The number of halogens is 11. The van der Waals surface area contributed by atoms with E-state index in [2.05, 4.69) is 22.3 Å². The molecule has 0 saturated carbocycles. The predicted octanol–water partition coefficient (Wildman–Crippen LogP) is 12.5. The van der Waals surface area contributed by atoms with E-state index in [1.807, 2.05) is 39.8 Å². The molecule has 1 amide bonds. The number of carboxylic acid groups (broad SMARTS) is 1. The van der Waals surface area contributed by atoms with Crippen LogP contribution in [0.3, 0.4) is 0 Å². The van der Waals surface area contributed by atoms with Gasteiger partial charge in [-0.05, 0) is 41.9 Å². The first-order valence-electron chi connectivity index (χ1n) is 18.6. The molecule has 74 heavy (non-hydrogen) atoms. The van der Waals surface area contributed by atoms with E-state index >= 15 is 0 Å². The lowest BCUT2D eigenvalue weighted by molar-refractivity contribution is -0.385. The number of anilines is 1. The van der Waals surface area contributed by atoms with Crippen molar-refractivity contribution in [3.63, 3.8) is 0 Å². The number of carbonyl (C=O) groups excluding carboxylic acids is 1. The molecule has 0 bridgehead atoms. The number of benzene rings is 2. The third-order valence-electron chi connectivity index (χ3n) is 7.56. The van der Waals surface area contributed by atoms with Crippen LogP contribution in [0.4, 0.5) is 57.0 Å². The summed E-state index contributed by atoms with van der Waals surface area (Å²) < 4.78 is 101. The summed E-state index contributed by atoms with van der Waals surface area (Å²) >= 11 is 14.4. The van der Waals surface area contributed by atoms with Crippen LogP contribution in [0.5, 0.6) is 0 Å². The van der Waals surface area contributed by atoms with Crippen LogP contribution in [0.1, 0.15) is 87.6 Å². The Bertz CT molecular complexity index is 1760. The number of alkyl halides is 6. The third kappa shape index (κ3) is 41.1. The summed E-state index contributed by atoms with van der Waals surface area (Å²) in [5.74, 6) is -9.61. The highest BCUT2D eigenvalue weighted by Gasteiger charge is 2.38. The average molecular weight is 1160 g/mol. The molecule has 19 nitrogen and oxygen atoms in total. The van der Waals surface area contributed by atoms with Crippen LogP contribution < -0.4 is 10.5 Å². The number of ether oxygens (including phenoxy) is 1. The molecule has 2 aromatic rings. The molecular formula is C44H85Cl3F8N8O11. The molecule has 0 aliphatic carbocycles. The zero-order valence-electron chi connectivity index (χ0n) is 35.7. The molecular weight excluding hydrogens is 1070 g/mol. The molecule has 2 N–H and O–H groups in total. The van der Waals surface area contributed by atoms with Crippen molar-refractivity contribution in [2.75, 3.05) is 105 Å². The molecule has 30 heteroatoms. The van der Waals surface area contributed by atoms with Crippen molar-refractivity contribution in [1.82, 2.24) is 25.2 Å². The highest BCUT2D eigenvalue weighted by molar-refractivity contribution is 6.63. The van der Waals surface area contributed by atoms with E-state index in [1.165, 1.54) is 5.06 Å². The minimum Gasteiger partial charge on any atom is -0.475 e. The van der Waals surface area contributed by atoms with Gasteiger partial charge in [0, 0.05) is 45.8 Å². The normalized spacial score (nSPS) is 14.4. The number of nitro benzene ring substituents is 2. The van der Waals surface area contributed by atoms with Gasteiger partial charge in [0.25, 0.3) is 11.4 Å². The Morgan fingerprint density at radius 2 is 1.00 bits per heavy atom. The van der Waals surface area contributed by atoms with E-state index in [0.717, 1.165) is 44.4 Å². The van der Waals surface area contributed by atoms with E-state index < -0.39 is 78.4 Å². The Balaban J connectivity index is -0.0000000852. The quantitative estimate of drug-likeness (QED) is 0.0964. The fourth-order valence-corrected chi connectivity index (χ4v) is 4.36. The number of aliphatic carboxylic acids is 1. The summed E-state index contributed by atoms with van der Waals surface area (Å²) in [6.07, 6.45) is -5.49. The fraction of sp³-hybridized carbons (Fsp3) is 0.682. The molecule has 3 aliphatic rings. The number of nitrogens with one attached hydrogen (secondary N) is 1. The molecule has 0 unspecified atom stereocenters. The van der Waals surface area contributed by atoms with E-state index in [4.69, 9.17) is 64.0 Å². The minimum absolute atomic E-state index is 0. The summed E-state index contributed by atoms with van der Waals surface area (Å²) in [5, 5.41) is 30.0. The highest BCUT2D eigenvalue weighted by atomic mass is 35.6. The van der Waals surface area contributed by atoms with Gasteiger partial charge in [-0.3, -0.25) is 29.9 Å². The third-order valence-corrected chi connectivity index (χ3v) is 7.56. The lowest BCUT2D eigenvalue weighted by atomic mass is 10.2. The van der Waals surface area contributed by atoms with Crippen LogP contribution >= 0.6 is 34.8 Å². The van der Waals surface area contributed by atoms with E-state index in [1.54, 1.807) is 0 Å². The maximum atomic E-state index is 13.8. The van der Waals surface area contributed by atoms with E-state index in [0.29, 0.717) is 57.1 Å². The van der Waals surface area contributed by atoms with Gasteiger partial charge in [-0.15, -0.1) is 0 Å². The number of likely N-dealkylation sites (N-methyl/N-ethyl adjacent to an activating group) is 3. The Morgan fingerprint density at radius 3 is 1.38 bits per heavy atom. The van der Waals surface area contributed by atoms with Gasteiger partial charge in [-0.25, -0.2) is 42.1 Å². The van der Waals surface area contributed by atoms with E-state index in [9.17, 15) is 60.1 Å². The lowest BCUT2D eigenvalue weighted by Gasteiger charge is -2.25. The molecule has 0 spiro atoms. The van der Waals surface area contributed by atoms with Crippen molar-refractivity contribution >= 4 is 63.9 Å². The van der Waals surface area contributed by atoms with Crippen LogP contribution in [0, 0.1) is 49.3 Å². The Morgan fingerprint density at radius 1 is 0.649 bits per heavy atom. The summed E-state index contributed by atoms with van der Waals surface area (Å²) in [6.45, 7) is 13.9. The number of hydrogen-bond donors (Lipinski definition) is 2. The smallest absolute Gasteiger partial charge is 0.475 e. The van der Waals surface area contributed by atoms with Gasteiger partial charge in [0.15, 0.2) is 33.4 Å².